The van der Waals surface area contributed by atoms with Gasteiger partial charge in [0.2, 0.25) is 0 Å². The van der Waals surface area contributed by atoms with E-state index in [2.05, 4.69) is 10.1 Å². The Morgan fingerprint density at radius 2 is 2.05 bits per heavy atom. The van der Waals surface area contributed by atoms with Gasteiger partial charge in [-0.05, 0) is 37.8 Å². The predicted octanol–water partition coefficient (Wildman–Crippen LogP) is 2.89. The molecule has 1 N–H and O–H groups in total. The molecule has 1 heterocycles. The van der Waals surface area contributed by atoms with Crippen LogP contribution in [0.4, 0.5) is 0 Å². The van der Waals surface area contributed by atoms with Crippen LogP contribution in [0.3, 0.4) is 0 Å². The molecule has 0 bridgehead atoms. The SMILES string of the molecule is COC(=O)[C@H]1CC[C@H](/C(=N\O)c2cccnc2Cl)CC1. The van der Waals surface area contributed by atoms with Crippen molar-refractivity contribution >= 4 is 23.3 Å². The second-order valence-corrected chi connectivity index (χ2v) is 5.26. The first-order valence-corrected chi connectivity index (χ1v) is 6.95. The van der Waals surface area contributed by atoms with Gasteiger partial charge in [0.1, 0.15) is 5.15 Å². The molecule has 1 aliphatic carbocycles. The number of pyridine rings is 1. The number of esters is 1. The van der Waals surface area contributed by atoms with Crippen LogP contribution in [0, 0.1) is 11.8 Å². The molecule has 2 rings (SSSR count). The average molecular weight is 297 g/mol. The highest BCUT2D eigenvalue weighted by molar-refractivity contribution is 6.33. The minimum atomic E-state index is -0.162. The van der Waals surface area contributed by atoms with E-state index in [0.717, 1.165) is 25.7 Å². The quantitative estimate of drug-likeness (QED) is 0.306. The van der Waals surface area contributed by atoms with Crippen LogP contribution in [0.1, 0.15) is 31.2 Å². The lowest BCUT2D eigenvalue weighted by Gasteiger charge is -2.27. The Hall–Kier alpha value is -1.62. The second kappa shape index (κ2) is 6.70. The molecule has 0 radical (unpaired) electrons. The van der Waals surface area contributed by atoms with Crippen molar-refractivity contribution in [1.82, 2.24) is 4.98 Å². The normalized spacial score (nSPS) is 23.4. The molecule has 1 saturated carbocycles. The van der Waals surface area contributed by atoms with Gasteiger partial charge in [-0.15, -0.1) is 0 Å². The molecule has 1 fully saturated rings. The van der Waals surface area contributed by atoms with Gasteiger partial charge < -0.3 is 9.94 Å². The summed E-state index contributed by atoms with van der Waals surface area (Å²) in [6, 6.07) is 3.54. The van der Waals surface area contributed by atoms with E-state index in [4.69, 9.17) is 16.3 Å². The first-order valence-electron chi connectivity index (χ1n) is 6.58. The summed E-state index contributed by atoms with van der Waals surface area (Å²) in [5.74, 6) is -0.131. The minimum Gasteiger partial charge on any atom is -0.469 e. The van der Waals surface area contributed by atoms with E-state index in [1.165, 1.54) is 7.11 Å². The first kappa shape index (κ1) is 14.8. The Labute approximate surface area is 122 Å². The van der Waals surface area contributed by atoms with E-state index in [0.29, 0.717) is 16.4 Å². The van der Waals surface area contributed by atoms with Crippen molar-refractivity contribution in [1.29, 1.82) is 0 Å². The fourth-order valence-electron chi connectivity index (χ4n) is 2.70. The van der Waals surface area contributed by atoms with Crippen molar-refractivity contribution in [3.05, 3.63) is 29.0 Å². The van der Waals surface area contributed by atoms with Gasteiger partial charge >= 0.3 is 5.97 Å². The number of oxime groups is 1. The molecule has 0 saturated heterocycles. The summed E-state index contributed by atoms with van der Waals surface area (Å²) in [5.41, 5.74) is 1.20. The van der Waals surface area contributed by atoms with Gasteiger partial charge in [0.15, 0.2) is 0 Å². The van der Waals surface area contributed by atoms with E-state index in [9.17, 15) is 10.0 Å². The molecule has 0 atom stereocenters. The van der Waals surface area contributed by atoms with Gasteiger partial charge in [-0.2, -0.15) is 0 Å². The van der Waals surface area contributed by atoms with Gasteiger partial charge in [0.05, 0.1) is 18.7 Å². The number of carbonyl (C=O) groups excluding carboxylic acids is 1. The van der Waals surface area contributed by atoms with Crippen molar-refractivity contribution in [2.24, 2.45) is 17.0 Å². The fourth-order valence-corrected chi connectivity index (χ4v) is 2.92. The van der Waals surface area contributed by atoms with Crippen LogP contribution in [0.15, 0.2) is 23.5 Å². The zero-order valence-corrected chi connectivity index (χ0v) is 12.0. The van der Waals surface area contributed by atoms with Crippen LogP contribution >= 0.6 is 11.6 Å². The maximum atomic E-state index is 11.5. The molecule has 5 nitrogen and oxygen atoms in total. The molecule has 108 valence electrons. The summed E-state index contributed by atoms with van der Waals surface area (Å²) >= 11 is 6.04. The molecule has 0 aromatic carbocycles. The molecular weight excluding hydrogens is 280 g/mol. The van der Waals surface area contributed by atoms with Gasteiger partial charge in [-0.25, -0.2) is 4.98 Å². The molecular formula is C14H17ClN2O3. The molecule has 1 aromatic rings. The van der Waals surface area contributed by atoms with Crippen molar-refractivity contribution in [3.63, 3.8) is 0 Å². The number of carbonyl (C=O) groups is 1. The third-order valence-electron chi connectivity index (χ3n) is 3.79. The minimum absolute atomic E-state index is 0.0550. The number of ether oxygens (including phenoxy) is 1. The fraction of sp³-hybridized carbons (Fsp3) is 0.500. The van der Waals surface area contributed by atoms with Gasteiger partial charge in [0.25, 0.3) is 0 Å². The van der Waals surface area contributed by atoms with Crippen LogP contribution in [0.2, 0.25) is 5.15 Å². The zero-order chi connectivity index (χ0) is 14.5. The van der Waals surface area contributed by atoms with E-state index in [-0.39, 0.29) is 17.8 Å². The summed E-state index contributed by atoms with van der Waals surface area (Å²) in [4.78, 5) is 15.5. The third-order valence-corrected chi connectivity index (χ3v) is 4.09. The van der Waals surface area contributed by atoms with E-state index in [1.54, 1.807) is 18.3 Å². The van der Waals surface area contributed by atoms with Crippen molar-refractivity contribution in [2.45, 2.75) is 25.7 Å². The van der Waals surface area contributed by atoms with Crippen molar-refractivity contribution in [2.75, 3.05) is 7.11 Å². The second-order valence-electron chi connectivity index (χ2n) is 4.90. The largest absolute Gasteiger partial charge is 0.469 e. The van der Waals surface area contributed by atoms with Crippen LogP contribution < -0.4 is 0 Å². The highest BCUT2D eigenvalue weighted by Crippen LogP contribution is 2.33. The van der Waals surface area contributed by atoms with Crippen molar-refractivity contribution < 1.29 is 14.7 Å². The van der Waals surface area contributed by atoms with Crippen LogP contribution in [0.25, 0.3) is 0 Å². The molecule has 0 spiro atoms. The van der Waals surface area contributed by atoms with Crippen LogP contribution in [0.5, 0.6) is 0 Å². The van der Waals surface area contributed by atoms with E-state index >= 15 is 0 Å². The smallest absolute Gasteiger partial charge is 0.308 e. The number of nitrogens with zero attached hydrogens (tertiary/aromatic N) is 2. The Morgan fingerprint density at radius 1 is 1.40 bits per heavy atom. The van der Waals surface area contributed by atoms with Crippen LogP contribution in [-0.2, 0) is 9.53 Å². The van der Waals surface area contributed by atoms with Crippen LogP contribution in [-0.4, -0.2) is 29.0 Å². The summed E-state index contributed by atoms with van der Waals surface area (Å²) in [6.45, 7) is 0. The highest BCUT2D eigenvalue weighted by Gasteiger charge is 2.30. The molecule has 0 unspecified atom stereocenters. The van der Waals surface area contributed by atoms with E-state index < -0.39 is 0 Å². The Morgan fingerprint density at radius 3 is 2.60 bits per heavy atom. The molecule has 1 aromatic heterocycles. The monoisotopic (exact) mass is 296 g/mol. The molecule has 1 aliphatic rings. The number of hydrogen-bond donors (Lipinski definition) is 1. The zero-order valence-electron chi connectivity index (χ0n) is 11.3. The summed E-state index contributed by atoms with van der Waals surface area (Å²) in [7, 11) is 1.41. The lowest BCUT2D eigenvalue weighted by Crippen LogP contribution is -2.27. The number of methoxy groups -OCH3 is 1. The number of hydrogen-bond acceptors (Lipinski definition) is 5. The highest BCUT2D eigenvalue weighted by atomic mass is 35.5. The van der Waals surface area contributed by atoms with E-state index in [1.807, 2.05) is 0 Å². The summed E-state index contributed by atoms with van der Waals surface area (Å²) in [5, 5.41) is 13.0. The lowest BCUT2D eigenvalue weighted by atomic mass is 9.78. The Balaban J connectivity index is 2.09. The van der Waals surface area contributed by atoms with Gasteiger partial charge in [-0.3, -0.25) is 4.79 Å². The average Bonchev–Trinajstić information content (AvgIpc) is 2.50. The number of aromatic nitrogens is 1. The number of rotatable bonds is 3. The van der Waals surface area contributed by atoms with Gasteiger partial charge in [0, 0.05) is 17.7 Å². The molecule has 0 amide bonds. The lowest BCUT2D eigenvalue weighted by molar-refractivity contribution is -0.146. The maximum Gasteiger partial charge on any atom is 0.308 e. The predicted molar refractivity (Wildman–Crippen MR) is 75.0 cm³/mol. The maximum absolute atomic E-state index is 11.5. The summed E-state index contributed by atoms with van der Waals surface area (Å²) in [6.07, 6.45) is 4.59. The Bertz CT molecular complexity index is 511. The number of halogens is 1. The van der Waals surface area contributed by atoms with Gasteiger partial charge in [-0.1, -0.05) is 16.8 Å². The molecule has 20 heavy (non-hydrogen) atoms. The molecule has 0 aliphatic heterocycles. The standard InChI is InChI=1S/C14H17ClN2O3/c1-20-14(18)10-6-4-9(5-7-10)12(17-19)11-3-2-8-16-13(11)15/h2-3,8-10,19H,4-7H2,1H3/b17-12+/t9-,10-. The Kier molecular flexibility index (Phi) is 4.95. The topological polar surface area (TPSA) is 71.8 Å². The third kappa shape index (κ3) is 3.10. The summed E-state index contributed by atoms with van der Waals surface area (Å²) < 4.78 is 4.77. The molecule has 6 heteroatoms. The first-order chi connectivity index (χ1) is 9.67. The van der Waals surface area contributed by atoms with Crippen molar-refractivity contribution in [3.8, 4) is 0 Å².